The van der Waals surface area contributed by atoms with Gasteiger partial charge in [-0.15, -0.1) is 0 Å². The number of aryl methyl sites for hydroxylation is 1. The lowest BCUT2D eigenvalue weighted by Crippen LogP contribution is -2.36. The Kier molecular flexibility index (Phi) is 4.46. The summed E-state index contributed by atoms with van der Waals surface area (Å²) < 4.78 is 26.2. The standard InChI is InChI=1S/C11H17NO3S/c1-3-10(8-13)12-16(14,15)11-6-4-5-9(2)7-11/h4-7,10,12-13H,3,8H2,1-2H3/t10-/m0/s1. The minimum absolute atomic E-state index is 0.193. The van der Waals surface area contributed by atoms with Crippen LogP contribution in [0.1, 0.15) is 18.9 Å². The Hall–Kier alpha value is -0.910. The van der Waals surface area contributed by atoms with Gasteiger partial charge in [0.15, 0.2) is 0 Å². The Morgan fingerprint density at radius 3 is 2.62 bits per heavy atom. The molecule has 0 aliphatic heterocycles. The van der Waals surface area contributed by atoms with Crippen molar-refractivity contribution in [3.8, 4) is 0 Å². The Morgan fingerprint density at radius 2 is 2.12 bits per heavy atom. The van der Waals surface area contributed by atoms with E-state index in [1.54, 1.807) is 18.2 Å². The van der Waals surface area contributed by atoms with Crippen LogP contribution in [0.25, 0.3) is 0 Å². The largest absolute Gasteiger partial charge is 0.395 e. The molecule has 0 aromatic heterocycles. The van der Waals surface area contributed by atoms with Crippen LogP contribution in [-0.2, 0) is 10.0 Å². The Morgan fingerprint density at radius 1 is 1.44 bits per heavy atom. The first-order chi connectivity index (χ1) is 7.49. The van der Waals surface area contributed by atoms with E-state index in [4.69, 9.17) is 5.11 Å². The SMILES string of the molecule is CC[C@@H](CO)NS(=O)(=O)c1cccc(C)c1. The van der Waals surface area contributed by atoms with Crippen molar-refractivity contribution in [2.45, 2.75) is 31.2 Å². The molecule has 1 aromatic carbocycles. The highest BCUT2D eigenvalue weighted by atomic mass is 32.2. The third kappa shape index (κ3) is 3.30. The van der Waals surface area contributed by atoms with Gasteiger partial charge >= 0.3 is 0 Å². The Labute approximate surface area is 96.4 Å². The molecule has 0 saturated heterocycles. The first-order valence-electron chi connectivity index (χ1n) is 5.19. The normalized spacial score (nSPS) is 13.7. The first kappa shape index (κ1) is 13.2. The predicted octanol–water partition coefficient (Wildman–Crippen LogP) is 1.04. The second-order valence-corrected chi connectivity index (χ2v) is 5.44. The van der Waals surface area contributed by atoms with Crippen LogP contribution in [0.2, 0.25) is 0 Å². The summed E-state index contributed by atoms with van der Waals surface area (Å²) in [6, 6.07) is 6.25. The van der Waals surface area contributed by atoms with E-state index in [1.807, 2.05) is 19.9 Å². The average molecular weight is 243 g/mol. The fourth-order valence-corrected chi connectivity index (χ4v) is 2.73. The summed E-state index contributed by atoms with van der Waals surface area (Å²) in [6.45, 7) is 3.46. The third-order valence-electron chi connectivity index (χ3n) is 2.33. The van der Waals surface area contributed by atoms with E-state index in [0.717, 1.165) is 5.56 Å². The lowest BCUT2D eigenvalue weighted by Gasteiger charge is -2.14. The van der Waals surface area contributed by atoms with Crippen molar-refractivity contribution in [2.24, 2.45) is 0 Å². The van der Waals surface area contributed by atoms with Crippen molar-refractivity contribution in [3.63, 3.8) is 0 Å². The number of benzene rings is 1. The van der Waals surface area contributed by atoms with Gasteiger partial charge in [0.25, 0.3) is 0 Å². The monoisotopic (exact) mass is 243 g/mol. The quantitative estimate of drug-likeness (QED) is 0.812. The Balaban J connectivity index is 2.94. The number of aliphatic hydroxyl groups excluding tert-OH is 1. The smallest absolute Gasteiger partial charge is 0.240 e. The van der Waals surface area contributed by atoms with Crippen LogP contribution in [0, 0.1) is 6.92 Å². The molecule has 16 heavy (non-hydrogen) atoms. The minimum Gasteiger partial charge on any atom is -0.395 e. The summed E-state index contributed by atoms with van der Waals surface area (Å²) in [4.78, 5) is 0.236. The first-order valence-corrected chi connectivity index (χ1v) is 6.67. The molecule has 0 spiro atoms. The lowest BCUT2D eigenvalue weighted by atomic mass is 10.2. The number of rotatable bonds is 5. The minimum atomic E-state index is -3.52. The van der Waals surface area contributed by atoms with Crippen molar-refractivity contribution in [3.05, 3.63) is 29.8 Å². The van der Waals surface area contributed by atoms with E-state index in [2.05, 4.69) is 4.72 Å². The molecule has 0 fully saturated rings. The molecule has 4 nitrogen and oxygen atoms in total. The summed E-state index contributed by atoms with van der Waals surface area (Å²) in [5.41, 5.74) is 0.889. The third-order valence-corrected chi connectivity index (χ3v) is 3.85. The van der Waals surface area contributed by atoms with Crippen LogP contribution >= 0.6 is 0 Å². The van der Waals surface area contributed by atoms with E-state index in [-0.39, 0.29) is 11.5 Å². The van der Waals surface area contributed by atoms with Crippen LogP contribution in [0.3, 0.4) is 0 Å². The highest BCUT2D eigenvalue weighted by molar-refractivity contribution is 7.89. The molecular formula is C11H17NO3S. The molecule has 5 heteroatoms. The summed E-state index contributed by atoms with van der Waals surface area (Å²) in [7, 11) is -3.52. The molecule has 0 amide bonds. The van der Waals surface area contributed by atoms with E-state index in [1.165, 1.54) is 0 Å². The molecule has 0 aliphatic carbocycles. The molecule has 0 saturated carbocycles. The topological polar surface area (TPSA) is 66.4 Å². The number of hydrogen-bond donors (Lipinski definition) is 2. The second-order valence-electron chi connectivity index (χ2n) is 3.73. The molecule has 90 valence electrons. The fraction of sp³-hybridized carbons (Fsp3) is 0.455. The summed E-state index contributed by atoms with van der Waals surface area (Å²) >= 11 is 0. The molecule has 0 unspecified atom stereocenters. The van der Waals surface area contributed by atoms with Crippen molar-refractivity contribution < 1.29 is 13.5 Å². The zero-order valence-corrected chi connectivity index (χ0v) is 10.3. The molecule has 1 atom stereocenters. The second kappa shape index (κ2) is 5.43. The van der Waals surface area contributed by atoms with Crippen LogP contribution < -0.4 is 4.72 Å². The summed E-state index contributed by atoms with van der Waals surface area (Å²) in [5.74, 6) is 0. The van der Waals surface area contributed by atoms with Gasteiger partial charge in [-0.25, -0.2) is 13.1 Å². The van der Waals surface area contributed by atoms with E-state index < -0.39 is 16.1 Å². The zero-order chi connectivity index (χ0) is 12.2. The maximum atomic E-state index is 11.9. The van der Waals surface area contributed by atoms with Gasteiger partial charge in [-0.05, 0) is 31.0 Å². The van der Waals surface area contributed by atoms with E-state index >= 15 is 0 Å². The predicted molar refractivity (Wildman–Crippen MR) is 62.7 cm³/mol. The van der Waals surface area contributed by atoms with Crippen LogP contribution in [0.5, 0.6) is 0 Å². The van der Waals surface area contributed by atoms with E-state index in [0.29, 0.717) is 6.42 Å². The van der Waals surface area contributed by atoms with Crippen molar-refractivity contribution in [1.29, 1.82) is 0 Å². The zero-order valence-electron chi connectivity index (χ0n) is 9.47. The lowest BCUT2D eigenvalue weighted by molar-refractivity contribution is 0.254. The van der Waals surface area contributed by atoms with Crippen molar-refractivity contribution in [1.82, 2.24) is 4.72 Å². The summed E-state index contributed by atoms with van der Waals surface area (Å²) in [5, 5.41) is 8.96. The number of nitrogens with one attached hydrogen (secondary N) is 1. The number of hydrogen-bond acceptors (Lipinski definition) is 3. The van der Waals surface area contributed by atoms with E-state index in [9.17, 15) is 8.42 Å². The molecule has 1 rings (SSSR count). The van der Waals surface area contributed by atoms with Crippen molar-refractivity contribution in [2.75, 3.05) is 6.61 Å². The average Bonchev–Trinajstić information content (AvgIpc) is 2.26. The number of sulfonamides is 1. The van der Waals surface area contributed by atoms with Crippen LogP contribution in [-0.4, -0.2) is 26.2 Å². The van der Waals surface area contributed by atoms with Gasteiger partial charge in [-0.3, -0.25) is 0 Å². The molecule has 0 bridgehead atoms. The molecular weight excluding hydrogens is 226 g/mol. The molecule has 0 heterocycles. The van der Waals surface area contributed by atoms with Gasteiger partial charge in [0.1, 0.15) is 0 Å². The van der Waals surface area contributed by atoms with Gasteiger partial charge < -0.3 is 5.11 Å². The molecule has 2 N–H and O–H groups in total. The summed E-state index contributed by atoms with van der Waals surface area (Å²) in [6.07, 6.45) is 0.557. The molecule has 1 aromatic rings. The van der Waals surface area contributed by atoms with Gasteiger partial charge in [0.2, 0.25) is 10.0 Å². The molecule has 0 radical (unpaired) electrons. The maximum Gasteiger partial charge on any atom is 0.240 e. The fourth-order valence-electron chi connectivity index (χ4n) is 1.32. The van der Waals surface area contributed by atoms with Gasteiger partial charge in [-0.2, -0.15) is 0 Å². The maximum absolute atomic E-state index is 11.9. The van der Waals surface area contributed by atoms with Gasteiger partial charge in [-0.1, -0.05) is 19.1 Å². The Bertz CT molecular complexity index is 438. The van der Waals surface area contributed by atoms with Crippen molar-refractivity contribution >= 4 is 10.0 Å². The highest BCUT2D eigenvalue weighted by Gasteiger charge is 2.18. The van der Waals surface area contributed by atoms with Crippen LogP contribution in [0.15, 0.2) is 29.2 Å². The highest BCUT2D eigenvalue weighted by Crippen LogP contribution is 2.11. The van der Waals surface area contributed by atoms with Crippen LogP contribution in [0.4, 0.5) is 0 Å². The van der Waals surface area contributed by atoms with Gasteiger partial charge in [0, 0.05) is 6.04 Å². The van der Waals surface area contributed by atoms with Gasteiger partial charge in [0.05, 0.1) is 11.5 Å². The number of aliphatic hydroxyl groups is 1. The molecule has 0 aliphatic rings.